The zero-order valence-electron chi connectivity index (χ0n) is 9.29. The normalized spacial score (nSPS) is 11.3. The molecule has 1 rings (SSSR count). The molecule has 0 saturated heterocycles. The number of benzene rings is 1. The van der Waals surface area contributed by atoms with E-state index >= 15 is 0 Å². The molecule has 0 bridgehead atoms. The Hall–Kier alpha value is -1.72. The Kier molecular flexibility index (Phi) is 3.98. The van der Waals surface area contributed by atoms with Crippen molar-refractivity contribution in [1.82, 2.24) is 4.90 Å². The van der Waals surface area contributed by atoms with Crippen LogP contribution in [0.3, 0.4) is 0 Å². The number of likely N-dealkylation sites (N-methyl/N-ethyl adjacent to an activating group) is 1. The second-order valence-electron chi connectivity index (χ2n) is 3.79. The van der Waals surface area contributed by atoms with Gasteiger partial charge in [-0.15, -0.1) is 0 Å². The molecule has 94 valence electrons. The third-order valence-corrected chi connectivity index (χ3v) is 2.15. The first-order chi connectivity index (χ1) is 7.78. The summed E-state index contributed by atoms with van der Waals surface area (Å²) in [5.74, 6) is -0.590. The molecule has 0 unspecified atom stereocenters. The van der Waals surface area contributed by atoms with Crippen LogP contribution in [0.15, 0.2) is 24.3 Å². The van der Waals surface area contributed by atoms with Crippen molar-refractivity contribution < 1.29 is 18.0 Å². The molecule has 2 N–H and O–H groups in total. The summed E-state index contributed by atoms with van der Waals surface area (Å²) >= 11 is 0. The van der Waals surface area contributed by atoms with Crippen molar-refractivity contribution in [3.63, 3.8) is 0 Å². The molecule has 0 aliphatic heterocycles. The number of carbonyl (C=O) groups excluding carboxylic acids is 1. The van der Waals surface area contributed by atoms with Crippen molar-refractivity contribution in [2.45, 2.75) is 12.6 Å². The van der Waals surface area contributed by atoms with Crippen LogP contribution in [-0.2, 0) is 11.2 Å². The lowest BCUT2D eigenvalue weighted by atomic mass is 10.1. The fourth-order valence-electron chi connectivity index (χ4n) is 1.37. The van der Waals surface area contributed by atoms with E-state index in [0.717, 1.165) is 7.05 Å². The second kappa shape index (κ2) is 5.07. The van der Waals surface area contributed by atoms with Crippen LogP contribution in [0, 0.1) is 0 Å². The summed E-state index contributed by atoms with van der Waals surface area (Å²) in [5.41, 5.74) is 6.59. The molecule has 0 aromatic heterocycles. The Balaban J connectivity index is 2.60. The highest BCUT2D eigenvalue weighted by molar-refractivity contribution is 5.78. The Morgan fingerprint density at radius 1 is 1.41 bits per heavy atom. The van der Waals surface area contributed by atoms with E-state index in [1.165, 1.54) is 0 Å². The molecule has 1 aromatic rings. The van der Waals surface area contributed by atoms with Crippen molar-refractivity contribution >= 4 is 11.6 Å². The average molecular weight is 246 g/mol. The van der Waals surface area contributed by atoms with Gasteiger partial charge in [0.05, 0.1) is 6.42 Å². The summed E-state index contributed by atoms with van der Waals surface area (Å²) < 4.78 is 36.2. The number of nitrogen functional groups attached to an aromatic ring is 1. The van der Waals surface area contributed by atoms with Crippen LogP contribution >= 0.6 is 0 Å². The quantitative estimate of drug-likeness (QED) is 0.827. The monoisotopic (exact) mass is 246 g/mol. The molecule has 0 fully saturated rings. The zero-order valence-corrected chi connectivity index (χ0v) is 9.29. The Labute approximate surface area is 97.0 Å². The fourth-order valence-corrected chi connectivity index (χ4v) is 1.37. The standard InChI is InChI=1S/C11H13F3N2O/c1-16(7-11(12,13)14)10(17)6-8-3-2-4-9(15)5-8/h2-5H,6-7,15H2,1H3. The third kappa shape index (κ3) is 4.76. The van der Waals surface area contributed by atoms with E-state index < -0.39 is 18.6 Å². The molecule has 0 atom stereocenters. The number of anilines is 1. The van der Waals surface area contributed by atoms with Crippen LogP contribution in [0.5, 0.6) is 0 Å². The summed E-state index contributed by atoms with van der Waals surface area (Å²) in [6.45, 7) is -1.24. The van der Waals surface area contributed by atoms with E-state index in [2.05, 4.69) is 0 Å². The topological polar surface area (TPSA) is 46.3 Å². The van der Waals surface area contributed by atoms with Gasteiger partial charge in [-0.2, -0.15) is 13.2 Å². The summed E-state index contributed by atoms with van der Waals surface area (Å²) in [6, 6.07) is 6.52. The lowest BCUT2D eigenvalue weighted by Crippen LogP contribution is -2.36. The number of hydrogen-bond acceptors (Lipinski definition) is 2. The number of rotatable bonds is 3. The van der Waals surface area contributed by atoms with E-state index in [4.69, 9.17) is 5.73 Å². The van der Waals surface area contributed by atoms with E-state index in [1.807, 2.05) is 0 Å². The lowest BCUT2D eigenvalue weighted by molar-refractivity contribution is -0.157. The first-order valence-corrected chi connectivity index (χ1v) is 4.93. The number of nitrogens with zero attached hydrogens (tertiary/aromatic N) is 1. The highest BCUT2D eigenvalue weighted by Crippen LogP contribution is 2.16. The van der Waals surface area contributed by atoms with E-state index in [-0.39, 0.29) is 6.42 Å². The van der Waals surface area contributed by atoms with Crippen molar-refractivity contribution in [3.8, 4) is 0 Å². The molecule has 6 heteroatoms. The predicted octanol–water partition coefficient (Wildman–Crippen LogP) is 1.83. The van der Waals surface area contributed by atoms with Crippen molar-refractivity contribution in [2.24, 2.45) is 0 Å². The van der Waals surface area contributed by atoms with Gasteiger partial charge in [0.15, 0.2) is 0 Å². The van der Waals surface area contributed by atoms with Gasteiger partial charge in [0, 0.05) is 12.7 Å². The van der Waals surface area contributed by atoms with Gasteiger partial charge >= 0.3 is 6.18 Å². The van der Waals surface area contributed by atoms with Gasteiger partial charge in [0.1, 0.15) is 6.54 Å². The minimum absolute atomic E-state index is 0.0857. The number of nitrogens with two attached hydrogens (primary N) is 1. The largest absolute Gasteiger partial charge is 0.406 e. The smallest absolute Gasteiger partial charge is 0.399 e. The summed E-state index contributed by atoms with van der Waals surface area (Å²) in [6.07, 6.45) is -4.46. The van der Waals surface area contributed by atoms with E-state index in [0.29, 0.717) is 16.2 Å². The van der Waals surface area contributed by atoms with Crippen LogP contribution in [0.4, 0.5) is 18.9 Å². The molecular formula is C11H13F3N2O. The van der Waals surface area contributed by atoms with Gasteiger partial charge in [-0.05, 0) is 17.7 Å². The zero-order chi connectivity index (χ0) is 13.1. The number of halogens is 3. The van der Waals surface area contributed by atoms with Crippen LogP contribution in [0.1, 0.15) is 5.56 Å². The lowest BCUT2D eigenvalue weighted by Gasteiger charge is -2.18. The Bertz CT molecular complexity index is 404. The Morgan fingerprint density at radius 2 is 2.06 bits per heavy atom. The molecule has 0 saturated carbocycles. The number of amides is 1. The van der Waals surface area contributed by atoms with E-state index in [1.54, 1.807) is 24.3 Å². The predicted molar refractivity (Wildman–Crippen MR) is 58.3 cm³/mol. The van der Waals surface area contributed by atoms with Gasteiger partial charge in [-0.1, -0.05) is 12.1 Å². The molecule has 0 heterocycles. The molecule has 3 nitrogen and oxygen atoms in total. The van der Waals surface area contributed by atoms with Gasteiger partial charge in [-0.3, -0.25) is 4.79 Å². The van der Waals surface area contributed by atoms with Gasteiger partial charge in [0.2, 0.25) is 5.91 Å². The second-order valence-corrected chi connectivity index (χ2v) is 3.79. The summed E-state index contributed by atoms with van der Waals surface area (Å²) in [4.78, 5) is 12.1. The van der Waals surface area contributed by atoms with Crippen LogP contribution in [-0.4, -0.2) is 30.6 Å². The number of hydrogen-bond donors (Lipinski definition) is 1. The average Bonchev–Trinajstić information content (AvgIpc) is 2.14. The van der Waals surface area contributed by atoms with Crippen molar-refractivity contribution in [1.29, 1.82) is 0 Å². The number of carbonyl (C=O) groups is 1. The molecule has 1 aromatic carbocycles. The first-order valence-electron chi connectivity index (χ1n) is 4.93. The maximum atomic E-state index is 12.1. The molecule has 0 spiro atoms. The van der Waals surface area contributed by atoms with Crippen LogP contribution in [0.2, 0.25) is 0 Å². The molecule has 17 heavy (non-hydrogen) atoms. The third-order valence-electron chi connectivity index (χ3n) is 2.15. The SMILES string of the molecule is CN(CC(F)(F)F)C(=O)Cc1cccc(N)c1. The number of alkyl halides is 3. The fraction of sp³-hybridized carbons (Fsp3) is 0.364. The minimum atomic E-state index is -4.37. The van der Waals surface area contributed by atoms with Gasteiger partial charge < -0.3 is 10.6 Å². The molecule has 0 aliphatic carbocycles. The highest BCUT2D eigenvalue weighted by atomic mass is 19.4. The molecular weight excluding hydrogens is 233 g/mol. The van der Waals surface area contributed by atoms with Gasteiger partial charge in [-0.25, -0.2) is 0 Å². The maximum Gasteiger partial charge on any atom is 0.406 e. The van der Waals surface area contributed by atoms with Crippen molar-refractivity contribution in [2.75, 3.05) is 19.3 Å². The first kappa shape index (κ1) is 13.3. The van der Waals surface area contributed by atoms with E-state index in [9.17, 15) is 18.0 Å². The van der Waals surface area contributed by atoms with Crippen LogP contribution in [0.25, 0.3) is 0 Å². The maximum absolute atomic E-state index is 12.1. The van der Waals surface area contributed by atoms with Crippen LogP contribution < -0.4 is 5.73 Å². The molecule has 0 aliphatic rings. The Morgan fingerprint density at radius 3 is 2.59 bits per heavy atom. The molecule has 0 radical (unpaired) electrons. The van der Waals surface area contributed by atoms with Crippen molar-refractivity contribution in [3.05, 3.63) is 29.8 Å². The molecule has 1 amide bonds. The minimum Gasteiger partial charge on any atom is -0.399 e. The summed E-state index contributed by atoms with van der Waals surface area (Å²) in [5, 5.41) is 0. The van der Waals surface area contributed by atoms with Gasteiger partial charge in [0.25, 0.3) is 0 Å². The summed E-state index contributed by atoms with van der Waals surface area (Å²) in [7, 11) is 1.13. The highest BCUT2D eigenvalue weighted by Gasteiger charge is 2.31.